The molecule has 14 heavy (non-hydrogen) atoms. The standard InChI is InChI=1S/C10H13BrN2O/c11-10-4-3-9(7-13-10)14-8-2-1-5-12-6-8/h3-4,7-8,12H,1-2,5-6H2. The number of aromatic nitrogens is 1. The Morgan fingerprint density at radius 1 is 1.50 bits per heavy atom. The van der Waals surface area contributed by atoms with Gasteiger partial charge in [-0.1, -0.05) is 0 Å². The normalized spacial score (nSPS) is 21.9. The average molecular weight is 257 g/mol. The van der Waals surface area contributed by atoms with Gasteiger partial charge in [0.05, 0.1) is 6.20 Å². The fourth-order valence-electron chi connectivity index (χ4n) is 1.54. The summed E-state index contributed by atoms with van der Waals surface area (Å²) in [4.78, 5) is 4.12. The third kappa shape index (κ3) is 2.69. The minimum Gasteiger partial charge on any atom is -0.487 e. The second kappa shape index (κ2) is 4.75. The molecule has 0 bridgehead atoms. The molecule has 0 aliphatic carbocycles. The molecule has 1 N–H and O–H groups in total. The van der Waals surface area contributed by atoms with Crippen molar-refractivity contribution in [1.82, 2.24) is 10.3 Å². The van der Waals surface area contributed by atoms with Crippen molar-refractivity contribution in [2.75, 3.05) is 13.1 Å². The molecular weight excluding hydrogens is 244 g/mol. The van der Waals surface area contributed by atoms with Gasteiger partial charge in [0, 0.05) is 6.54 Å². The maximum absolute atomic E-state index is 5.76. The minimum absolute atomic E-state index is 0.298. The Balaban J connectivity index is 1.92. The van der Waals surface area contributed by atoms with E-state index in [9.17, 15) is 0 Å². The highest BCUT2D eigenvalue weighted by Gasteiger charge is 2.13. The maximum atomic E-state index is 5.76. The van der Waals surface area contributed by atoms with E-state index in [1.54, 1.807) is 6.20 Å². The van der Waals surface area contributed by atoms with Gasteiger partial charge in [-0.3, -0.25) is 0 Å². The van der Waals surface area contributed by atoms with Crippen molar-refractivity contribution in [3.63, 3.8) is 0 Å². The zero-order valence-electron chi connectivity index (χ0n) is 7.87. The molecule has 1 aromatic heterocycles. The zero-order valence-corrected chi connectivity index (χ0v) is 9.46. The summed E-state index contributed by atoms with van der Waals surface area (Å²) in [6.07, 6.45) is 4.36. The van der Waals surface area contributed by atoms with Crippen molar-refractivity contribution in [2.24, 2.45) is 0 Å². The van der Waals surface area contributed by atoms with Crippen LogP contribution < -0.4 is 10.1 Å². The largest absolute Gasteiger partial charge is 0.487 e. The molecule has 1 unspecified atom stereocenters. The van der Waals surface area contributed by atoms with Gasteiger partial charge in [0.2, 0.25) is 0 Å². The van der Waals surface area contributed by atoms with Crippen LogP contribution in [0.2, 0.25) is 0 Å². The number of nitrogens with zero attached hydrogens (tertiary/aromatic N) is 1. The van der Waals surface area contributed by atoms with Crippen LogP contribution in [0.3, 0.4) is 0 Å². The van der Waals surface area contributed by atoms with Crippen molar-refractivity contribution in [1.29, 1.82) is 0 Å². The highest BCUT2D eigenvalue weighted by Crippen LogP contribution is 2.16. The lowest BCUT2D eigenvalue weighted by molar-refractivity contribution is 0.166. The maximum Gasteiger partial charge on any atom is 0.138 e. The lowest BCUT2D eigenvalue weighted by atomic mass is 10.1. The van der Waals surface area contributed by atoms with Gasteiger partial charge < -0.3 is 10.1 Å². The van der Waals surface area contributed by atoms with E-state index in [0.29, 0.717) is 6.10 Å². The average Bonchev–Trinajstić information content (AvgIpc) is 2.23. The van der Waals surface area contributed by atoms with Crippen LogP contribution >= 0.6 is 15.9 Å². The van der Waals surface area contributed by atoms with Gasteiger partial charge in [0.15, 0.2) is 0 Å². The van der Waals surface area contributed by atoms with Gasteiger partial charge in [-0.2, -0.15) is 0 Å². The molecule has 76 valence electrons. The fourth-order valence-corrected chi connectivity index (χ4v) is 1.78. The van der Waals surface area contributed by atoms with Gasteiger partial charge in [0.1, 0.15) is 16.5 Å². The van der Waals surface area contributed by atoms with E-state index >= 15 is 0 Å². The Morgan fingerprint density at radius 3 is 3.07 bits per heavy atom. The molecule has 2 rings (SSSR count). The molecule has 0 saturated carbocycles. The minimum atomic E-state index is 0.298. The summed E-state index contributed by atoms with van der Waals surface area (Å²) in [6, 6.07) is 3.83. The molecule has 0 amide bonds. The van der Waals surface area contributed by atoms with Crippen LogP contribution in [0.15, 0.2) is 22.9 Å². The van der Waals surface area contributed by atoms with Crippen LogP contribution in [-0.2, 0) is 0 Å². The fraction of sp³-hybridized carbons (Fsp3) is 0.500. The predicted molar refractivity (Wildman–Crippen MR) is 58.5 cm³/mol. The van der Waals surface area contributed by atoms with E-state index in [0.717, 1.165) is 29.9 Å². The van der Waals surface area contributed by atoms with Crippen LogP contribution in [0.4, 0.5) is 0 Å². The van der Waals surface area contributed by atoms with Crippen LogP contribution in [0.1, 0.15) is 12.8 Å². The van der Waals surface area contributed by atoms with E-state index in [2.05, 4.69) is 26.2 Å². The Morgan fingerprint density at radius 2 is 2.43 bits per heavy atom. The summed E-state index contributed by atoms with van der Waals surface area (Å²) >= 11 is 3.29. The molecular formula is C10H13BrN2O. The number of nitrogens with one attached hydrogen (secondary N) is 1. The zero-order chi connectivity index (χ0) is 9.80. The molecule has 1 aromatic rings. The van der Waals surface area contributed by atoms with Crippen molar-refractivity contribution in [3.8, 4) is 5.75 Å². The van der Waals surface area contributed by atoms with Gasteiger partial charge in [-0.05, 0) is 47.4 Å². The molecule has 1 saturated heterocycles. The molecule has 1 atom stereocenters. The first-order chi connectivity index (χ1) is 6.84. The number of pyridine rings is 1. The topological polar surface area (TPSA) is 34.1 Å². The summed E-state index contributed by atoms with van der Waals surface area (Å²) in [6.45, 7) is 2.05. The first-order valence-electron chi connectivity index (χ1n) is 4.83. The molecule has 2 heterocycles. The van der Waals surface area contributed by atoms with Crippen LogP contribution in [0.25, 0.3) is 0 Å². The Labute approximate surface area is 92.0 Å². The molecule has 3 nitrogen and oxygen atoms in total. The molecule has 1 aliphatic rings. The first kappa shape index (κ1) is 9.93. The second-order valence-electron chi connectivity index (χ2n) is 3.40. The Kier molecular flexibility index (Phi) is 3.37. The van der Waals surface area contributed by atoms with Gasteiger partial charge in [-0.25, -0.2) is 4.98 Å². The SMILES string of the molecule is Brc1ccc(OC2CCCNC2)cn1. The van der Waals surface area contributed by atoms with Crippen LogP contribution in [0.5, 0.6) is 5.75 Å². The summed E-state index contributed by atoms with van der Waals surface area (Å²) in [5.41, 5.74) is 0. The van der Waals surface area contributed by atoms with Crippen molar-refractivity contribution < 1.29 is 4.74 Å². The number of ether oxygens (including phenoxy) is 1. The Hall–Kier alpha value is -0.610. The molecule has 4 heteroatoms. The quantitative estimate of drug-likeness (QED) is 0.822. The smallest absolute Gasteiger partial charge is 0.138 e. The van der Waals surface area contributed by atoms with Crippen molar-refractivity contribution in [3.05, 3.63) is 22.9 Å². The summed E-state index contributed by atoms with van der Waals surface area (Å²) < 4.78 is 6.60. The predicted octanol–water partition coefficient (Wildman–Crippen LogP) is 1.97. The lowest BCUT2D eigenvalue weighted by Crippen LogP contribution is -2.37. The van der Waals surface area contributed by atoms with E-state index in [1.165, 1.54) is 6.42 Å². The highest BCUT2D eigenvalue weighted by molar-refractivity contribution is 9.10. The van der Waals surface area contributed by atoms with E-state index in [4.69, 9.17) is 4.74 Å². The van der Waals surface area contributed by atoms with E-state index in [1.807, 2.05) is 12.1 Å². The first-order valence-corrected chi connectivity index (χ1v) is 5.63. The molecule has 0 aromatic carbocycles. The van der Waals surface area contributed by atoms with Crippen LogP contribution in [-0.4, -0.2) is 24.2 Å². The number of hydrogen-bond acceptors (Lipinski definition) is 3. The summed E-state index contributed by atoms with van der Waals surface area (Å²) in [5.74, 6) is 0.849. The van der Waals surface area contributed by atoms with Gasteiger partial charge in [0.25, 0.3) is 0 Å². The summed E-state index contributed by atoms with van der Waals surface area (Å²) in [5, 5.41) is 3.31. The molecule has 1 fully saturated rings. The monoisotopic (exact) mass is 256 g/mol. The molecule has 0 radical (unpaired) electrons. The number of hydrogen-bond donors (Lipinski definition) is 1. The van der Waals surface area contributed by atoms with Crippen LogP contribution in [0, 0.1) is 0 Å². The third-order valence-corrected chi connectivity index (χ3v) is 2.72. The number of rotatable bonds is 2. The number of piperidine rings is 1. The lowest BCUT2D eigenvalue weighted by Gasteiger charge is -2.23. The molecule has 1 aliphatic heterocycles. The Bertz CT molecular complexity index is 283. The van der Waals surface area contributed by atoms with Gasteiger partial charge in [-0.15, -0.1) is 0 Å². The van der Waals surface area contributed by atoms with Crippen molar-refractivity contribution >= 4 is 15.9 Å². The second-order valence-corrected chi connectivity index (χ2v) is 4.22. The summed E-state index contributed by atoms with van der Waals surface area (Å²) in [7, 11) is 0. The highest BCUT2D eigenvalue weighted by atomic mass is 79.9. The van der Waals surface area contributed by atoms with E-state index < -0.39 is 0 Å². The van der Waals surface area contributed by atoms with E-state index in [-0.39, 0.29) is 0 Å². The van der Waals surface area contributed by atoms with Gasteiger partial charge >= 0.3 is 0 Å². The third-order valence-electron chi connectivity index (χ3n) is 2.25. The van der Waals surface area contributed by atoms with Crippen molar-refractivity contribution in [2.45, 2.75) is 18.9 Å². The molecule has 0 spiro atoms. The number of halogens is 1.